The van der Waals surface area contributed by atoms with Crippen LogP contribution in [-0.2, 0) is 0 Å². The average Bonchev–Trinajstić information content (AvgIpc) is 2.41. The van der Waals surface area contributed by atoms with Gasteiger partial charge in [-0.3, -0.25) is 4.79 Å². The first kappa shape index (κ1) is 14.9. The van der Waals surface area contributed by atoms with Crippen molar-refractivity contribution in [3.8, 4) is 0 Å². The lowest BCUT2D eigenvalue weighted by Crippen LogP contribution is -2.13. The normalized spacial score (nSPS) is 10.1. The Morgan fingerprint density at radius 2 is 2.00 bits per heavy atom. The highest BCUT2D eigenvalue weighted by atomic mass is 127. The van der Waals surface area contributed by atoms with Crippen molar-refractivity contribution < 1.29 is 14.7 Å². The van der Waals surface area contributed by atoms with E-state index in [1.54, 1.807) is 12.1 Å². The SMILES string of the molecule is O=C(O)c1cc(NC(=O)c2cc(I)ccc2Br)ccn1. The number of carbonyl (C=O) groups is 2. The number of aromatic carboxylic acids is 1. The number of halogens is 2. The van der Waals surface area contributed by atoms with Crippen LogP contribution in [0.4, 0.5) is 5.69 Å². The molecular weight excluding hydrogens is 439 g/mol. The molecule has 0 saturated heterocycles. The topological polar surface area (TPSA) is 79.3 Å². The molecule has 0 unspecified atom stereocenters. The minimum Gasteiger partial charge on any atom is -0.477 e. The van der Waals surface area contributed by atoms with E-state index in [1.807, 2.05) is 6.07 Å². The third-order valence-electron chi connectivity index (χ3n) is 2.41. The maximum Gasteiger partial charge on any atom is 0.354 e. The summed E-state index contributed by atoms with van der Waals surface area (Å²) in [5, 5.41) is 11.5. The Hall–Kier alpha value is -1.48. The molecule has 2 N–H and O–H groups in total. The van der Waals surface area contributed by atoms with Crippen molar-refractivity contribution in [1.82, 2.24) is 4.98 Å². The van der Waals surface area contributed by atoms with Gasteiger partial charge in [0.05, 0.1) is 5.56 Å². The number of carboxylic acid groups (broad SMARTS) is 1. The number of aromatic nitrogens is 1. The Bertz CT molecular complexity index is 691. The second kappa shape index (κ2) is 6.31. The molecule has 0 saturated carbocycles. The monoisotopic (exact) mass is 446 g/mol. The van der Waals surface area contributed by atoms with Crippen molar-refractivity contribution in [3.63, 3.8) is 0 Å². The summed E-state index contributed by atoms with van der Waals surface area (Å²) in [5.41, 5.74) is 0.739. The number of hydrogen-bond acceptors (Lipinski definition) is 3. The summed E-state index contributed by atoms with van der Waals surface area (Å²) in [5.74, 6) is -1.46. The quantitative estimate of drug-likeness (QED) is 0.708. The number of carboxylic acids is 1. The van der Waals surface area contributed by atoms with Crippen LogP contribution in [0.15, 0.2) is 41.0 Å². The minimum atomic E-state index is -1.14. The first-order chi connectivity index (χ1) is 9.47. The molecule has 20 heavy (non-hydrogen) atoms. The van der Waals surface area contributed by atoms with Crippen LogP contribution in [0.2, 0.25) is 0 Å². The van der Waals surface area contributed by atoms with Crippen molar-refractivity contribution in [1.29, 1.82) is 0 Å². The van der Waals surface area contributed by atoms with Crippen molar-refractivity contribution in [2.24, 2.45) is 0 Å². The summed E-state index contributed by atoms with van der Waals surface area (Å²) in [6, 6.07) is 8.23. The predicted molar refractivity (Wildman–Crippen MR) is 86.0 cm³/mol. The third kappa shape index (κ3) is 3.54. The number of rotatable bonds is 3. The van der Waals surface area contributed by atoms with Crippen LogP contribution in [-0.4, -0.2) is 22.0 Å². The number of hydrogen-bond donors (Lipinski definition) is 2. The summed E-state index contributed by atoms with van der Waals surface area (Å²) in [7, 11) is 0. The fourth-order valence-electron chi connectivity index (χ4n) is 1.50. The van der Waals surface area contributed by atoms with Crippen molar-refractivity contribution in [2.75, 3.05) is 5.32 Å². The first-order valence-corrected chi connectivity index (χ1v) is 7.30. The zero-order valence-corrected chi connectivity index (χ0v) is 13.7. The highest BCUT2D eigenvalue weighted by Gasteiger charge is 2.12. The molecule has 0 spiro atoms. The number of carbonyl (C=O) groups excluding carboxylic acids is 1. The van der Waals surface area contributed by atoms with Gasteiger partial charge in [0.1, 0.15) is 5.69 Å². The number of nitrogens with one attached hydrogen (secondary N) is 1. The van der Waals surface area contributed by atoms with Gasteiger partial charge in [-0.25, -0.2) is 9.78 Å². The lowest BCUT2D eigenvalue weighted by molar-refractivity contribution is 0.0690. The predicted octanol–water partition coefficient (Wildman–Crippen LogP) is 3.40. The van der Waals surface area contributed by atoms with Gasteiger partial charge in [0.25, 0.3) is 5.91 Å². The summed E-state index contributed by atoms with van der Waals surface area (Å²) < 4.78 is 1.60. The molecule has 102 valence electrons. The van der Waals surface area contributed by atoms with Gasteiger partial charge in [0.15, 0.2) is 0 Å². The van der Waals surface area contributed by atoms with Gasteiger partial charge >= 0.3 is 5.97 Å². The molecule has 2 rings (SSSR count). The van der Waals surface area contributed by atoms with Crippen LogP contribution in [0.1, 0.15) is 20.8 Å². The fourth-order valence-corrected chi connectivity index (χ4v) is 2.41. The molecule has 7 heteroatoms. The molecule has 0 aliphatic rings. The number of pyridine rings is 1. The van der Waals surface area contributed by atoms with E-state index >= 15 is 0 Å². The zero-order chi connectivity index (χ0) is 14.7. The van der Waals surface area contributed by atoms with E-state index in [9.17, 15) is 9.59 Å². The molecule has 5 nitrogen and oxygen atoms in total. The lowest BCUT2D eigenvalue weighted by Gasteiger charge is -2.07. The first-order valence-electron chi connectivity index (χ1n) is 5.43. The van der Waals surface area contributed by atoms with Crippen LogP contribution in [0, 0.1) is 3.57 Å². The lowest BCUT2D eigenvalue weighted by atomic mass is 10.2. The third-order valence-corrected chi connectivity index (χ3v) is 3.77. The average molecular weight is 447 g/mol. The van der Waals surface area contributed by atoms with Crippen LogP contribution >= 0.6 is 38.5 Å². The van der Waals surface area contributed by atoms with Gasteiger partial charge in [-0.1, -0.05) is 0 Å². The van der Waals surface area contributed by atoms with Gasteiger partial charge in [-0.2, -0.15) is 0 Å². The van der Waals surface area contributed by atoms with E-state index < -0.39 is 5.97 Å². The van der Waals surface area contributed by atoms with Crippen LogP contribution < -0.4 is 5.32 Å². The fraction of sp³-hybridized carbons (Fsp3) is 0. The molecule has 0 radical (unpaired) electrons. The van der Waals surface area contributed by atoms with Gasteiger partial charge in [0.2, 0.25) is 0 Å². The van der Waals surface area contributed by atoms with E-state index in [4.69, 9.17) is 5.11 Å². The highest BCUT2D eigenvalue weighted by molar-refractivity contribution is 14.1. The molecule has 1 heterocycles. The van der Waals surface area contributed by atoms with E-state index in [2.05, 4.69) is 48.8 Å². The zero-order valence-electron chi connectivity index (χ0n) is 9.93. The molecule has 1 aromatic heterocycles. The van der Waals surface area contributed by atoms with E-state index in [0.717, 1.165) is 3.57 Å². The molecule has 2 aromatic rings. The van der Waals surface area contributed by atoms with Gasteiger partial charge in [-0.05, 0) is 68.9 Å². The van der Waals surface area contributed by atoms with Crippen LogP contribution in [0.5, 0.6) is 0 Å². The van der Waals surface area contributed by atoms with Crippen molar-refractivity contribution in [2.45, 2.75) is 0 Å². The summed E-state index contributed by atoms with van der Waals surface area (Å²) in [4.78, 5) is 26.7. The van der Waals surface area contributed by atoms with Crippen LogP contribution in [0.25, 0.3) is 0 Å². The van der Waals surface area contributed by atoms with Gasteiger partial charge in [0, 0.05) is 19.9 Å². The number of anilines is 1. The maximum atomic E-state index is 12.2. The molecule has 1 amide bonds. The van der Waals surface area contributed by atoms with Gasteiger partial charge < -0.3 is 10.4 Å². The summed E-state index contributed by atoms with van der Waals surface area (Å²) in [6.07, 6.45) is 1.34. The molecular formula is C13H8BrIN2O3. The summed E-state index contributed by atoms with van der Waals surface area (Å²) >= 11 is 5.42. The van der Waals surface area contributed by atoms with Gasteiger partial charge in [-0.15, -0.1) is 0 Å². The number of amides is 1. The molecule has 0 aliphatic heterocycles. The Labute approximate surface area is 136 Å². The van der Waals surface area contributed by atoms with E-state index in [0.29, 0.717) is 15.7 Å². The Morgan fingerprint density at radius 3 is 2.70 bits per heavy atom. The molecule has 0 atom stereocenters. The highest BCUT2D eigenvalue weighted by Crippen LogP contribution is 2.21. The van der Waals surface area contributed by atoms with Crippen molar-refractivity contribution >= 4 is 56.1 Å². The summed E-state index contributed by atoms with van der Waals surface area (Å²) in [6.45, 7) is 0. The van der Waals surface area contributed by atoms with E-state index in [1.165, 1.54) is 18.3 Å². The standard InChI is InChI=1S/C13H8BrIN2O3/c14-10-2-1-7(15)5-9(10)12(18)17-8-3-4-16-11(6-8)13(19)20/h1-6H,(H,19,20)(H,16,17,18). The number of nitrogens with zero attached hydrogens (tertiary/aromatic N) is 1. The van der Waals surface area contributed by atoms with Crippen molar-refractivity contribution in [3.05, 3.63) is 55.8 Å². The molecule has 0 aliphatic carbocycles. The maximum absolute atomic E-state index is 12.2. The Kier molecular flexibility index (Phi) is 4.71. The second-order valence-electron chi connectivity index (χ2n) is 3.81. The molecule has 0 fully saturated rings. The van der Waals surface area contributed by atoms with E-state index in [-0.39, 0.29) is 11.6 Å². The Balaban J connectivity index is 2.25. The molecule has 0 bridgehead atoms. The largest absolute Gasteiger partial charge is 0.477 e. The minimum absolute atomic E-state index is 0.121. The molecule has 1 aromatic carbocycles. The second-order valence-corrected chi connectivity index (χ2v) is 5.91. The van der Waals surface area contributed by atoms with Crippen LogP contribution in [0.3, 0.4) is 0 Å². The smallest absolute Gasteiger partial charge is 0.354 e. The number of benzene rings is 1. The Morgan fingerprint density at radius 1 is 1.25 bits per heavy atom.